The second-order valence-corrected chi connectivity index (χ2v) is 7.61. The number of benzene rings is 1. The zero-order valence-electron chi connectivity index (χ0n) is 18.1. The molecule has 3 rings (SSSR count). The molecule has 0 aliphatic carbocycles. The van der Waals surface area contributed by atoms with E-state index in [0.29, 0.717) is 30.8 Å². The van der Waals surface area contributed by atoms with Gasteiger partial charge in [0.2, 0.25) is 5.91 Å². The predicted molar refractivity (Wildman–Crippen MR) is 119 cm³/mol. The van der Waals surface area contributed by atoms with Gasteiger partial charge in [0, 0.05) is 30.9 Å². The number of amides is 3. The van der Waals surface area contributed by atoms with E-state index >= 15 is 0 Å². The van der Waals surface area contributed by atoms with Crippen molar-refractivity contribution in [3.8, 4) is 0 Å². The molecule has 9 nitrogen and oxygen atoms in total. The van der Waals surface area contributed by atoms with Crippen molar-refractivity contribution in [3.63, 3.8) is 0 Å². The average Bonchev–Trinajstić information content (AvgIpc) is 2.76. The molecule has 168 valence electrons. The summed E-state index contributed by atoms with van der Waals surface area (Å²) in [4.78, 5) is 40.3. The number of nitrogens with one attached hydrogen (secondary N) is 3. The van der Waals surface area contributed by atoms with Gasteiger partial charge in [-0.2, -0.15) is 0 Å². The summed E-state index contributed by atoms with van der Waals surface area (Å²) in [5, 5.41) is 15.3. The minimum absolute atomic E-state index is 0.000681. The molecule has 0 saturated carbocycles. The Morgan fingerprint density at radius 2 is 1.84 bits per heavy atom. The zero-order valence-corrected chi connectivity index (χ0v) is 18.1. The van der Waals surface area contributed by atoms with Crippen molar-refractivity contribution in [2.45, 2.75) is 39.8 Å². The lowest BCUT2D eigenvalue weighted by molar-refractivity contribution is -0.132. The van der Waals surface area contributed by atoms with Crippen LogP contribution < -0.4 is 16.1 Å². The van der Waals surface area contributed by atoms with Gasteiger partial charge in [-0.1, -0.05) is 42.0 Å². The second-order valence-electron chi connectivity index (χ2n) is 7.61. The minimum Gasteiger partial charge on any atom is -0.465 e. The van der Waals surface area contributed by atoms with Gasteiger partial charge < -0.3 is 10.4 Å². The van der Waals surface area contributed by atoms with Gasteiger partial charge >= 0.3 is 6.09 Å². The molecule has 1 aromatic carbocycles. The van der Waals surface area contributed by atoms with Crippen LogP contribution in [0.3, 0.4) is 0 Å². The van der Waals surface area contributed by atoms with Crippen molar-refractivity contribution in [2.75, 3.05) is 11.9 Å². The molecule has 1 aliphatic heterocycles. The van der Waals surface area contributed by atoms with Crippen molar-refractivity contribution in [2.24, 2.45) is 0 Å². The highest BCUT2D eigenvalue weighted by Gasteiger charge is 2.26. The van der Waals surface area contributed by atoms with Crippen LogP contribution >= 0.6 is 0 Å². The van der Waals surface area contributed by atoms with E-state index in [9.17, 15) is 14.4 Å². The van der Waals surface area contributed by atoms with Gasteiger partial charge in [-0.25, -0.2) is 15.2 Å². The van der Waals surface area contributed by atoms with Crippen molar-refractivity contribution in [3.05, 3.63) is 70.4 Å². The Morgan fingerprint density at radius 3 is 2.53 bits per heavy atom. The van der Waals surface area contributed by atoms with Crippen LogP contribution in [0.1, 0.15) is 36.6 Å². The summed E-state index contributed by atoms with van der Waals surface area (Å²) in [6.07, 6.45) is -0.484. The summed E-state index contributed by atoms with van der Waals surface area (Å²) in [7, 11) is 0. The first-order valence-electron chi connectivity index (χ1n) is 10.3. The standard InChI is InChI=1S/C23H27N5O4/c1-15-10-11-28(25-13-17-6-4-3-5-7-17)22(30)19(15)12-21(29)24-14-18-8-9-20(26-16(18)2)27-23(31)32/h3-9,25H,10-14H2,1-2H3,(H,24,29)(H,26,27)(H,31,32). The molecule has 0 saturated heterocycles. The Hall–Kier alpha value is -3.72. The molecule has 0 bridgehead atoms. The zero-order chi connectivity index (χ0) is 23.1. The van der Waals surface area contributed by atoms with Crippen LogP contribution in [0.2, 0.25) is 0 Å². The van der Waals surface area contributed by atoms with E-state index < -0.39 is 6.09 Å². The van der Waals surface area contributed by atoms with Crippen LogP contribution in [0.15, 0.2) is 53.6 Å². The third-order valence-corrected chi connectivity index (χ3v) is 5.29. The first-order chi connectivity index (χ1) is 15.3. The number of pyridine rings is 1. The number of aryl methyl sites for hydroxylation is 1. The van der Waals surface area contributed by atoms with Crippen molar-refractivity contribution < 1.29 is 19.5 Å². The van der Waals surface area contributed by atoms with Crippen LogP contribution in [0.5, 0.6) is 0 Å². The van der Waals surface area contributed by atoms with E-state index in [1.807, 2.05) is 37.3 Å². The highest BCUT2D eigenvalue weighted by atomic mass is 16.4. The maximum atomic E-state index is 12.9. The Kier molecular flexibility index (Phi) is 7.56. The number of hydrogen-bond acceptors (Lipinski definition) is 5. The number of hydrazine groups is 1. The van der Waals surface area contributed by atoms with Crippen LogP contribution in [-0.4, -0.2) is 39.6 Å². The lowest BCUT2D eigenvalue weighted by atomic mass is 9.98. The lowest BCUT2D eigenvalue weighted by Crippen LogP contribution is -2.46. The first kappa shape index (κ1) is 23.0. The van der Waals surface area contributed by atoms with E-state index in [1.165, 1.54) is 6.07 Å². The molecule has 0 unspecified atom stereocenters. The van der Waals surface area contributed by atoms with E-state index in [0.717, 1.165) is 16.7 Å². The molecule has 1 aromatic heterocycles. The maximum absolute atomic E-state index is 12.9. The molecular weight excluding hydrogens is 410 g/mol. The van der Waals surface area contributed by atoms with Gasteiger partial charge in [0.25, 0.3) is 5.91 Å². The number of carbonyl (C=O) groups excluding carboxylic acids is 2. The highest BCUT2D eigenvalue weighted by molar-refractivity contribution is 5.99. The number of hydrogen-bond donors (Lipinski definition) is 4. The molecule has 4 N–H and O–H groups in total. The molecule has 32 heavy (non-hydrogen) atoms. The molecule has 0 atom stereocenters. The van der Waals surface area contributed by atoms with E-state index in [4.69, 9.17) is 5.11 Å². The molecule has 3 amide bonds. The molecule has 2 aromatic rings. The summed E-state index contributed by atoms with van der Waals surface area (Å²) in [5.74, 6) is -0.215. The lowest BCUT2D eigenvalue weighted by Gasteiger charge is -2.30. The summed E-state index contributed by atoms with van der Waals surface area (Å²) in [6, 6.07) is 13.0. The fourth-order valence-electron chi connectivity index (χ4n) is 3.41. The quantitative estimate of drug-likeness (QED) is 0.504. The summed E-state index contributed by atoms with van der Waals surface area (Å²) < 4.78 is 0. The summed E-state index contributed by atoms with van der Waals surface area (Å²) in [6.45, 7) is 4.95. The molecule has 0 radical (unpaired) electrons. The van der Waals surface area contributed by atoms with Crippen molar-refractivity contribution >= 4 is 23.7 Å². The molecular formula is C23H27N5O4. The number of aromatic nitrogens is 1. The molecule has 1 aliphatic rings. The van der Waals surface area contributed by atoms with Crippen LogP contribution in [0.4, 0.5) is 10.6 Å². The number of rotatable bonds is 8. The van der Waals surface area contributed by atoms with E-state index in [-0.39, 0.29) is 30.6 Å². The average molecular weight is 438 g/mol. The Labute approximate surface area is 186 Å². The van der Waals surface area contributed by atoms with E-state index in [2.05, 4.69) is 21.0 Å². The SMILES string of the molecule is CC1=C(CC(=O)NCc2ccc(NC(=O)O)nc2C)C(=O)N(NCc2ccccc2)CC1. The van der Waals surface area contributed by atoms with Gasteiger partial charge in [-0.15, -0.1) is 0 Å². The van der Waals surface area contributed by atoms with Crippen molar-refractivity contribution in [1.82, 2.24) is 20.7 Å². The monoisotopic (exact) mass is 437 g/mol. The first-order valence-corrected chi connectivity index (χ1v) is 10.3. The Balaban J connectivity index is 1.55. The van der Waals surface area contributed by atoms with Crippen LogP contribution in [-0.2, 0) is 22.7 Å². The summed E-state index contributed by atoms with van der Waals surface area (Å²) in [5.41, 5.74) is 7.03. The molecule has 0 fully saturated rings. The van der Waals surface area contributed by atoms with Gasteiger partial charge in [-0.05, 0) is 37.5 Å². The van der Waals surface area contributed by atoms with Crippen LogP contribution in [0, 0.1) is 6.92 Å². The second kappa shape index (κ2) is 10.5. The van der Waals surface area contributed by atoms with Gasteiger partial charge in [0.05, 0.1) is 6.42 Å². The van der Waals surface area contributed by atoms with Crippen molar-refractivity contribution in [1.29, 1.82) is 0 Å². The van der Waals surface area contributed by atoms with Gasteiger partial charge in [0.15, 0.2) is 0 Å². The normalized spacial score (nSPS) is 13.8. The van der Waals surface area contributed by atoms with Gasteiger partial charge in [0.1, 0.15) is 5.82 Å². The third-order valence-electron chi connectivity index (χ3n) is 5.29. The third kappa shape index (κ3) is 6.14. The predicted octanol–water partition coefficient (Wildman–Crippen LogP) is 2.74. The molecule has 2 heterocycles. The minimum atomic E-state index is -1.19. The topological polar surface area (TPSA) is 124 Å². The number of carbonyl (C=O) groups is 3. The largest absolute Gasteiger partial charge is 0.465 e. The van der Waals surface area contributed by atoms with Crippen LogP contribution in [0.25, 0.3) is 0 Å². The van der Waals surface area contributed by atoms with Gasteiger partial charge in [-0.3, -0.25) is 19.9 Å². The molecule has 0 spiro atoms. The smallest absolute Gasteiger partial charge is 0.410 e. The summed E-state index contributed by atoms with van der Waals surface area (Å²) >= 11 is 0. The number of carboxylic acid groups (broad SMARTS) is 1. The number of anilines is 1. The van der Waals surface area contributed by atoms with E-state index in [1.54, 1.807) is 18.0 Å². The Morgan fingerprint density at radius 1 is 1.09 bits per heavy atom. The fourth-order valence-corrected chi connectivity index (χ4v) is 3.41. The Bertz CT molecular complexity index is 1040. The highest BCUT2D eigenvalue weighted by Crippen LogP contribution is 2.21. The molecule has 9 heteroatoms. The number of nitrogens with zero attached hydrogens (tertiary/aromatic N) is 2. The fraction of sp³-hybridized carbons (Fsp3) is 0.304. The maximum Gasteiger partial charge on any atom is 0.410 e.